The molecule has 2 N–H and O–H groups in total. The number of anilines is 1. The number of nitrogens with two attached hydrogens (primary N) is 1. The Bertz CT molecular complexity index is 451. The lowest BCUT2D eigenvalue weighted by Crippen LogP contribution is -1.93. The van der Waals surface area contributed by atoms with Crippen LogP contribution in [0.4, 0.5) is 10.2 Å². The summed E-state index contributed by atoms with van der Waals surface area (Å²) in [6.07, 6.45) is 2.38. The fourth-order valence-electron chi connectivity index (χ4n) is 1.42. The molecule has 0 aliphatic heterocycles. The molecular weight excluding hydrogens is 191 g/mol. The highest BCUT2D eigenvalue weighted by Crippen LogP contribution is 2.10. The van der Waals surface area contributed by atoms with E-state index >= 15 is 0 Å². The first-order valence-corrected chi connectivity index (χ1v) is 4.69. The normalized spacial score (nSPS) is 10.2. The zero-order chi connectivity index (χ0) is 10.7. The Labute approximate surface area is 87.6 Å². The number of halogens is 1. The summed E-state index contributed by atoms with van der Waals surface area (Å²) < 4.78 is 12.9. The molecule has 0 saturated heterocycles. The third-order valence-corrected chi connectivity index (χ3v) is 2.14. The summed E-state index contributed by atoms with van der Waals surface area (Å²) in [6.45, 7) is 0. The second-order valence-corrected chi connectivity index (χ2v) is 3.40. The largest absolute Gasteiger partial charge is 0.384 e. The summed E-state index contributed by atoms with van der Waals surface area (Å²) in [5.74, 6) is 0.286. The van der Waals surface area contributed by atoms with E-state index in [-0.39, 0.29) is 5.82 Å². The number of nitrogens with zero attached hydrogens (tertiary/aromatic N) is 1. The monoisotopic (exact) mass is 202 g/mol. The molecular formula is C12H11FN2. The minimum absolute atomic E-state index is 0.212. The molecule has 0 atom stereocenters. The van der Waals surface area contributed by atoms with Gasteiger partial charge in [0.25, 0.3) is 0 Å². The maximum atomic E-state index is 12.9. The molecule has 1 aromatic carbocycles. The number of hydrogen-bond donors (Lipinski definition) is 1. The van der Waals surface area contributed by atoms with Gasteiger partial charge in [-0.2, -0.15) is 0 Å². The molecule has 0 unspecified atom stereocenters. The van der Waals surface area contributed by atoms with Gasteiger partial charge in [0.2, 0.25) is 0 Å². The molecule has 1 aromatic heterocycles. The summed E-state index contributed by atoms with van der Waals surface area (Å²) in [5.41, 5.74) is 7.43. The highest BCUT2D eigenvalue weighted by molar-refractivity contribution is 5.32. The Morgan fingerprint density at radius 1 is 1.13 bits per heavy atom. The quantitative estimate of drug-likeness (QED) is 0.812. The molecule has 76 valence electrons. The lowest BCUT2D eigenvalue weighted by Gasteiger charge is -2.01. The summed E-state index contributed by atoms with van der Waals surface area (Å²) in [4.78, 5) is 3.98. The standard InChI is InChI=1S/C12H11FN2/c13-11-3-1-2-9(7-11)6-10-4-5-12(14)15-8-10/h1-5,7-8H,6H2,(H2,14,15). The van der Waals surface area contributed by atoms with Crippen LogP contribution in [0.15, 0.2) is 42.6 Å². The van der Waals surface area contributed by atoms with Crippen molar-refractivity contribution in [2.75, 3.05) is 5.73 Å². The molecule has 0 fully saturated rings. The number of benzene rings is 1. The Morgan fingerprint density at radius 3 is 2.67 bits per heavy atom. The van der Waals surface area contributed by atoms with E-state index in [1.165, 1.54) is 12.1 Å². The SMILES string of the molecule is Nc1ccc(Cc2cccc(F)c2)cn1. The topological polar surface area (TPSA) is 38.9 Å². The molecule has 0 saturated carbocycles. The van der Waals surface area contributed by atoms with Gasteiger partial charge in [-0.3, -0.25) is 0 Å². The van der Waals surface area contributed by atoms with Crippen LogP contribution in [0, 0.1) is 5.82 Å². The van der Waals surface area contributed by atoms with E-state index in [9.17, 15) is 4.39 Å². The van der Waals surface area contributed by atoms with Crippen LogP contribution in [-0.2, 0) is 6.42 Å². The predicted octanol–water partition coefficient (Wildman–Crippen LogP) is 2.39. The van der Waals surface area contributed by atoms with E-state index in [2.05, 4.69) is 4.98 Å². The van der Waals surface area contributed by atoms with Crippen molar-refractivity contribution in [1.82, 2.24) is 4.98 Å². The van der Waals surface area contributed by atoms with Crippen LogP contribution in [0.1, 0.15) is 11.1 Å². The van der Waals surface area contributed by atoms with Crippen molar-refractivity contribution in [3.63, 3.8) is 0 Å². The molecule has 15 heavy (non-hydrogen) atoms. The molecule has 2 nitrogen and oxygen atoms in total. The molecule has 3 heteroatoms. The number of pyridine rings is 1. The molecule has 0 aliphatic carbocycles. The van der Waals surface area contributed by atoms with Gasteiger partial charge in [-0.15, -0.1) is 0 Å². The van der Waals surface area contributed by atoms with Gasteiger partial charge in [0.05, 0.1) is 0 Å². The zero-order valence-corrected chi connectivity index (χ0v) is 8.15. The number of rotatable bonds is 2. The Balaban J connectivity index is 2.18. The van der Waals surface area contributed by atoms with E-state index < -0.39 is 0 Å². The number of nitrogen functional groups attached to an aromatic ring is 1. The first-order valence-electron chi connectivity index (χ1n) is 4.69. The van der Waals surface area contributed by atoms with E-state index in [1.54, 1.807) is 18.3 Å². The lowest BCUT2D eigenvalue weighted by molar-refractivity contribution is 0.626. The van der Waals surface area contributed by atoms with Crippen molar-refractivity contribution in [3.05, 3.63) is 59.5 Å². The average molecular weight is 202 g/mol. The van der Waals surface area contributed by atoms with Gasteiger partial charge in [0.15, 0.2) is 0 Å². The summed E-state index contributed by atoms with van der Waals surface area (Å²) in [7, 11) is 0. The lowest BCUT2D eigenvalue weighted by atomic mass is 10.1. The molecule has 2 aromatic rings. The van der Waals surface area contributed by atoms with Crippen molar-refractivity contribution in [3.8, 4) is 0 Å². The second-order valence-electron chi connectivity index (χ2n) is 3.40. The van der Waals surface area contributed by atoms with Gasteiger partial charge in [0, 0.05) is 6.20 Å². The van der Waals surface area contributed by atoms with Crippen LogP contribution in [0.3, 0.4) is 0 Å². The van der Waals surface area contributed by atoms with Crippen molar-refractivity contribution in [1.29, 1.82) is 0 Å². The van der Waals surface area contributed by atoms with E-state index in [0.717, 1.165) is 11.1 Å². The third kappa shape index (κ3) is 2.53. The summed E-state index contributed by atoms with van der Waals surface area (Å²) in [5, 5.41) is 0. The molecule has 0 bridgehead atoms. The molecule has 0 spiro atoms. The van der Waals surface area contributed by atoms with Gasteiger partial charge in [-0.1, -0.05) is 18.2 Å². The number of aromatic nitrogens is 1. The second kappa shape index (κ2) is 4.09. The summed E-state index contributed by atoms with van der Waals surface area (Å²) >= 11 is 0. The van der Waals surface area contributed by atoms with Crippen LogP contribution in [0.25, 0.3) is 0 Å². The molecule has 0 amide bonds. The van der Waals surface area contributed by atoms with E-state index in [1.807, 2.05) is 12.1 Å². The Kier molecular flexibility index (Phi) is 2.63. The first kappa shape index (κ1) is 9.65. The van der Waals surface area contributed by atoms with Crippen molar-refractivity contribution >= 4 is 5.82 Å². The van der Waals surface area contributed by atoms with Crippen LogP contribution in [-0.4, -0.2) is 4.98 Å². The van der Waals surface area contributed by atoms with Gasteiger partial charge in [-0.25, -0.2) is 9.37 Å². The van der Waals surface area contributed by atoms with E-state index in [0.29, 0.717) is 12.2 Å². The highest BCUT2D eigenvalue weighted by atomic mass is 19.1. The van der Waals surface area contributed by atoms with Crippen molar-refractivity contribution < 1.29 is 4.39 Å². The van der Waals surface area contributed by atoms with Crippen LogP contribution >= 0.6 is 0 Å². The van der Waals surface area contributed by atoms with Crippen LogP contribution in [0.2, 0.25) is 0 Å². The maximum absolute atomic E-state index is 12.9. The van der Waals surface area contributed by atoms with Crippen molar-refractivity contribution in [2.24, 2.45) is 0 Å². The smallest absolute Gasteiger partial charge is 0.123 e. The molecule has 2 rings (SSSR count). The summed E-state index contributed by atoms with van der Waals surface area (Å²) in [6, 6.07) is 10.2. The first-order chi connectivity index (χ1) is 7.24. The minimum atomic E-state index is -0.212. The fourth-order valence-corrected chi connectivity index (χ4v) is 1.42. The Morgan fingerprint density at radius 2 is 2.00 bits per heavy atom. The fraction of sp³-hybridized carbons (Fsp3) is 0.0833. The van der Waals surface area contributed by atoms with Gasteiger partial charge in [0.1, 0.15) is 11.6 Å². The van der Waals surface area contributed by atoms with E-state index in [4.69, 9.17) is 5.73 Å². The number of hydrogen-bond acceptors (Lipinski definition) is 2. The molecule has 0 radical (unpaired) electrons. The van der Waals surface area contributed by atoms with Gasteiger partial charge >= 0.3 is 0 Å². The molecule has 1 heterocycles. The predicted molar refractivity (Wildman–Crippen MR) is 57.9 cm³/mol. The average Bonchev–Trinajstić information content (AvgIpc) is 2.22. The van der Waals surface area contributed by atoms with Gasteiger partial charge < -0.3 is 5.73 Å². The zero-order valence-electron chi connectivity index (χ0n) is 8.15. The highest BCUT2D eigenvalue weighted by Gasteiger charge is 1.98. The van der Waals surface area contributed by atoms with Gasteiger partial charge in [-0.05, 0) is 35.7 Å². The molecule has 0 aliphatic rings. The third-order valence-electron chi connectivity index (χ3n) is 2.14. The van der Waals surface area contributed by atoms with Crippen molar-refractivity contribution in [2.45, 2.75) is 6.42 Å². The van der Waals surface area contributed by atoms with Crippen LogP contribution < -0.4 is 5.73 Å². The minimum Gasteiger partial charge on any atom is -0.384 e. The maximum Gasteiger partial charge on any atom is 0.123 e. The Hall–Kier alpha value is -1.90. The van der Waals surface area contributed by atoms with Crippen LogP contribution in [0.5, 0.6) is 0 Å².